The molecule has 0 aliphatic carbocycles. The van der Waals surface area contributed by atoms with Crippen LogP contribution in [0.15, 0.2) is 29.3 Å². The summed E-state index contributed by atoms with van der Waals surface area (Å²) in [5.74, 6) is 0.761. The van der Waals surface area contributed by atoms with Crippen LogP contribution in [0, 0.1) is 0 Å². The second-order valence-corrected chi connectivity index (χ2v) is 3.91. The summed E-state index contributed by atoms with van der Waals surface area (Å²) in [4.78, 5) is 4.11. The maximum absolute atomic E-state index is 5.82. The first-order valence-electron chi connectivity index (χ1n) is 5.44. The minimum Gasteiger partial charge on any atom is -0.383 e. The van der Waals surface area contributed by atoms with Gasteiger partial charge in [0.2, 0.25) is 0 Å². The quantitative estimate of drug-likeness (QED) is 0.355. The monoisotopic (exact) mass is 383 g/mol. The van der Waals surface area contributed by atoms with Crippen molar-refractivity contribution in [2.24, 2.45) is 4.99 Å². The van der Waals surface area contributed by atoms with Crippen molar-refractivity contribution in [3.63, 3.8) is 0 Å². The summed E-state index contributed by atoms with van der Waals surface area (Å²) in [6.45, 7) is 2.10. The molecule has 1 aromatic carbocycles. The van der Waals surface area contributed by atoms with E-state index in [0.717, 1.165) is 23.1 Å². The van der Waals surface area contributed by atoms with Gasteiger partial charge in [-0.15, -0.1) is 24.0 Å². The van der Waals surface area contributed by atoms with Crippen LogP contribution in [-0.2, 0) is 11.3 Å². The van der Waals surface area contributed by atoms with E-state index in [4.69, 9.17) is 16.3 Å². The summed E-state index contributed by atoms with van der Waals surface area (Å²) in [5.41, 5.74) is 1.16. The van der Waals surface area contributed by atoms with Crippen LogP contribution >= 0.6 is 35.6 Å². The molecule has 0 aliphatic rings. The molecular formula is C12H19ClIN3O. The average Bonchev–Trinajstić information content (AvgIpc) is 2.35. The fourth-order valence-corrected chi connectivity index (χ4v) is 1.41. The molecule has 1 rings (SSSR count). The minimum atomic E-state index is 0. The Hall–Kier alpha value is -0.530. The van der Waals surface area contributed by atoms with Crippen LogP contribution in [0.5, 0.6) is 0 Å². The molecule has 1 aromatic rings. The maximum atomic E-state index is 5.82. The molecule has 0 aromatic heterocycles. The number of rotatable bonds is 5. The number of guanidine groups is 1. The van der Waals surface area contributed by atoms with Gasteiger partial charge in [-0.1, -0.05) is 23.7 Å². The number of nitrogens with zero attached hydrogens (tertiary/aromatic N) is 1. The fourth-order valence-electron chi connectivity index (χ4n) is 1.28. The SMILES string of the molecule is CN=C(NCCOC)NCc1ccc(Cl)cc1.I. The fraction of sp³-hybridized carbons (Fsp3) is 0.417. The van der Waals surface area contributed by atoms with Gasteiger partial charge in [0.15, 0.2) is 5.96 Å². The molecule has 102 valence electrons. The van der Waals surface area contributed by atoms with E-state index < -0.39 is 0 Å². The third kappa shape index (κ3) is 7.03. The van der Waals surface area contributed by atoms with Crippen molar-refractivity contribution in [1.82, 2.24) is 10.6 Å². The van der Waals surface area contributed by atoms with Gasteiger partial charge in [-0.05, 0) is 17.7 Å². The third-order valence-electron chi connectivity index (χ3n) is 2.20. The summed E-state index contributed by atoms with van der Waals surface area (Å²) in [5, 5.41) is 7.09. The summed E-state index contributed by atoms with van der Waals surface area (Å²) in [7, 11) is 3.41. The van der Waals surface area contributed by atoms with E-state index in [-0.39, 0.29) is 24.0 Å². The van der Waals surface area contributed by atoms with Crippen molar-refractivity contribution in [1.29, 1.82) is 0 Å². The van der Waals surface area contributed by atoms with E-state index in [1.807, 2.05) is 24.3 Å². The first kappa shape index (κ1) is 17.5. The lowest BCUT2D eigenvalue weighted by atomic mass is 10.2. The second kappa shape index (κ2) is 10.4. The molecule has 0 unspecified atom stereocenters. The van der Waals surface area contributed by atoms with Gasteiger partial charge in [0.05, 0.1) is 6.61 Å². The third-order valence-corrected chi connectivity index (χ3v) is 2.45. The topological polar surface area (TPSA) is 45.7 Å². The summed E-state index contributed by atoms with van der Waals surface area (Å²) in [6.07, 6.45) is 0. The Balaban J connectivity index is 0.00000289. The van der Waals surface area contributed by atoms with Crippen molar-refractivity contribution < 1.29 is 4.74 Å². The van der Waals surface area contributed by atoms with Gasteiger partial charge in [-0.3, -0.25) is 4.99 Å². The molecule has 6 heteroatoms. The first-order valence-corrected chi connectivity index (χ1v) is 5.82. The number of halogens is 2. The van der Waals surface area contributed by atoms with E-state index in [0.29, 0.717) is 13.2 Å². The summed E-state index contributed by atoms with van der Waals surface area (Å²) in [6, 6.07) is 7.72. The van der Waals surface area contributed by atoms with Gasteiger partial charge in [-0.2, -0.15) is 0 Å². The Bertz CT molecular complexity index is 357. The van der Waals surface area contributed by atoms with E-state index in [1.54, 1.807) is 14.2 Å². The predicted molar refractivity (Wildman–Crippen MR) is 86.9 cm³/mol. The minimum absolute atomic E-state index is 0. The highest BCUT2D eigenvalue weighted by Gasteiger charge is 1.97. The highest BCUT2D eigenvalue weighted by Crippen LogP contribution is 2.08. The zero-order chi connectivity index (χ0) is 12.5. The summed E-state index contributed by atoms with van der Waals surface area (Å²) >= 11 is 5.82. The van der Waals surface area contributed by atoms with Crippen LogP contribution in [0.4, 0.5) is 0 Å². The molecule has 0 saturated carbocycles. The van der Waals surface area contributed by atoms with Gasteiger partial charge in [-0.25, -0.2) is 0 Å². The van der Waals surface area contributed by atoms with Crippen LogP contribution in [0.2, 0.25) is 5.02 Å². The molecular weight excluding hydrogens is 365 g/mol. The van der Waals surface area contributed by atoms with E-state index in [1.165, 1.54) is 0 Å². The Morgan fingerprint density at radius 1 is 1.28 bits per heavy atom. The van der Waals surface area contributed by atoms with Crippen LogP contribution in [-0.4, -0.2) is 33.3 Å². The van der Waals surface area contributed by atoms with Gasteiger partial charge in [0.1, 0.15) is 0 Å². The van der Waals surface area contributed by atoms with Gasteiger partial charge >= 0.3 is 0 Å². The van der Waals surface area contributed by atoms with Gasteiger partial charge in [0, 0.05) is 32.3 Å². The smallest absolute Gasteiger partial charge is 0.191 e. The van der Waals surface area contributed by atoms with E-state index >= 15 is 0 Å². The number of nitrogens with one attached hydrogen (secondary N) is 2. The predicted octanol–water partition coefficient (Wildman–Crippen LogP) is 2.27. The highest BCUT2D eigenvalue weighted by molar-refractivity contribution is 14.0. The molecule has 0 spiro atoms. The lowest BCUT2D eigenvalue weighted by Crippen LogP contribution is -2.38. The number of methoxy groups -OCH3 is 1. The van der Waals surface area contributed by atoms with Crippen LogP contribution < -0.4 is 10.6 Å². The largest absolute Gasteiger partial charge is 0.383 e. The summed E-state index contributed by atoms with van der Waals surface area (Å²) < 4.78 is 4.95. The molecule has 0 amide bonds. The number of ether oxygens (including phenoxy) is 1. The van der Waals surface area contributed by atoms with E-state index in [2.05, 4.69) is 15.6 Å². The zero-order valence-electron chi connectivity index (χ0n) is 10.6. The molecule has 4 nitrogen and oxygen atoms in total. The molecule has 0 aliphatic heterocycles. The van der Waals surface area contributed by atoms with Crippen molar-refractivity contribution in [3.05, 3.63) is 34.9 Å². The molecule has 0 atom stereocenters. The van der Waals surface area contributed by atoms with Crippen molar-refractivity contribution in [3.8, 4) is 0 Å². The van der Waals surface area contributed by atoms with Gasteiger partial charge in [0.25, 0.3) is 0 Å². The van der Waals surface area contributed by atoms with Crippen LogP contribution in [0.1, 0.15) is 5.56 Å². The average molecular weight is 384 g/mol. The number of hydrogen-bond donors (Lipinski definition) is 2. The van der Waals surface area contributed by atoms with Crippen LogP contribution in [0.25, 0.3) is 0 Å². The zero-order valence-corrected chi connectivity index (χ0v) is 13.7. The highest BCUT2D eigenvalue weighted by atomic mass is 127. The van der Waals surface area contributed by atoms with Crippen molar-refractivity contribution >= 4 is 41.5 Å². The Labute approximate surface area is 130 Å². The molecule has 0 heterocycles. The number of aliphatic imine (C=N–C) groups is 1. The Morgan fingerprint density at radius 2 is 1.94 bits per heavy atom. The number of benzene rings is 1. The van der Waals surface area contributed by atoms with Crippen LogP contribution in [0.3, 0.4) is 0 Å². The molecule has 0 bridgehead atoms. The van der Waals surface area contributed by atoms with E-state index in [9.17, 15) is 0 Å². The van der Waals surface area contributed by atoms with Crippen molar-refractivity contribution in [2.45, 2.75) is 6.54 Å². The lowest BCUT2D eigenvalue weighted by molar-refractivity contribution is 0.203. The molecule has 0 fully saturated rings. The molecule has 0 saturated heterocycles. The second-order valence-electron chi connectivity index (χ2n) is 3.47. The molecule has 0 radical (unpaired) electrons. The lowest BCUT2D eigenvalue weighted by Gasteiger charge is -2.11. The first-order chi connectivity index (χ1) is 8.26. The standard InChI is InChI=1S/C12H18ClN3O.HI/c1-14-12(15-7-8-17-2)16-9-10-3-5-11(13)6-4-10;/h3-6H,7-9H2,1-2H3,(H2,14,15,16);1H. The molecule has 2 N–H and O–H groups in total. The van der Waals surface area contributed by atoms with Gasteiger partial charge < -0.3 is 15.4 Å². The molecule has 18 heavy (non-hydrogen) atoms. The Kier molecular flexibility index (Phi) is 10.1. The number of hydrogen-bond acceptors (Lipinski definition) is 2. The normalized spacial score (nSPS) is 10.7. The Morgan fingerprint density at radius 3 is 2.50 bits per heavy atom. The van der Waals surface area contributed by atoms with Crippen molar-refractivity contribution in [2.75, 3.05) is 27.3 Å². The maximum Gasteiger partial charge on any atom is 0.191 e.